The lowest BCUT2D eigenvalue weighted by Gasteiger charge is -2.20. The molecule has 0 bridgehead atoms. The number of anilines is 1. The summed E-state index contributed by atoms with van der Waals surface area (Å²) in [6.45, 7) is 2.45. The van der Waals surface area contributed by atoms with Gasteiger partial charge in [0.2, 0.25) is 0 Å². The number of aryl methyl sites for hydroxylation is 1. The molecule has 2 aromatic rings. The lowest BCUT2D eigenvalue weighted by molar-refractivity contribution is -0.123. The second-order valence-electron chi connectivity index (χ2n) is 6.39. The van der Waals surface area contributed by atoms with E-state index < -0.39 is 12.1 Å². The van der Waals surface area contributed by atoms with Crippen LogP contribution in [0.5, 0.6) is 5.75 Å². The molecule has 7 heteroatoms. The van der Waals surface area contributed by atoms with Crippen molar-refractivity contribution in [3.63, 3.8) is 0 Å². The van der Waals surface area contributed by atoms with E-state index in [1.54, 1.807) is 36.4 Å². The highest BCUT2D eigenvalue weighted by Gasteiger charge is 2.54. The first-order valence-electron chi connectivity index (χ1n) is 8.33. The molecule has 7 nitrogen and oxygen atoms in total. The van der Waals surface area contributed by atoms with Gasteiger partial charge in [0.05, 0.1) is 19.3 Å². The summed E-state index contributed by atoms with van der Waals surface area (Å²) in [6.07, 6.45) is 0. The minimum Gasteiger partial charge on any atom is -0.497 e. The van der Waals surface area contributed by atoms with Crippen molar-refractivity contribution >= 4 is 17.5 Å². The third-order valence-electron chi connectivity index (χ3n) is 4.65. The average Bonchev–Trinajstić information content (AvgIpc) is 3.17. The number of rotatable bonds is 4. The highest BCUT2D eigenvalue weighted by molar-refractivity contribution is 6.25. The number of fused-ring (bicyclic) bond motifs is 1. The van der Waals surface area contributed by atoms with Crippen LogP contribution in [-0.2, 0) is 16.1 Å². The summed E-state index contributed by atoms with van der Waals surface area (Å²) in [7, 11) is 1.56. The van der Waals surface area contributed by atoms with Crippen molar-refractivity contribution in [2.24, 2.45) is 10.3 Å². The number of carbonyl (C=O) groups is 2. The topological polar surface area (TPSA) is 74.6 Å². The molecule has 0 aromatic heterocycles. The van der Waals surface area contributed by atoms with E-state index in [4.69, 9.17) is 4.74 Å². The van der Waals surface area contributed by atoms with Crippen LogP contribution in [0.2, 0.25) is 0 Å². The molecule has 2 atom stereocenters. The van der Waals surface area contributed by atoms with Crippen LogP contribution in [0.4, 0.5) is 5.69 Å². The molecule has 0 spiro atoms. The van der Waals surface area contributed by atoms with Crippen molar-refractivity contribution in [2.45, 2.75) is 25.6 Å². The third kappa shape index (κ3) is 2.61. The number of carbonyl (C=O) groups excluding carboxylic acids is 2. The minimum atomic E-state index is -0.782. The summed E-state index contributed by atoms with van der Waals surface area (Å²) in [4.78, 5) is 26.8. The Morgan fingerprint density at radius 3 is 2.35 bits per heavy atom. The number of nitrogens with zero attached hydrogens (tertiary/aromatic N) is 4. The predicted molar refractivity (Wildman–Crippen MR) is 94.6 cm³/mol. The second kappa shape index (κ2) is 6.25. The zero-order valence-electron chi connectivity index (χ0n) is 14.5. The fraction of sp³-hybridized carbons (Fsp3) is 0.263. The number of hydrogen-bond donors (Lipinski definition) is 0. The quantitative estimate of drug-likeness (QED) is 0.794. The van der Waals surface area contributed by atoms with Crippen molar-refractivity contribution in [1.29, 1.82) is 0 Å². The Labute approximate surface area is 150 Å². The molecule has 0 radical (unpaired) electrons. The van der Waals surface area contributed by atoms with E-state index in [2.05, 4.69) is 10.3 Å². The van der Waals surface area contributed by atoms with Crippen LogP contribution in [0.1, 0.15) is 11.1 Å². The summed E-state index contributed by atoms with van der Waals surface area (Å²) >= 11 is 0. The van der Waals surface area contributed by atoms with E-state index in [0.29, 0.717) is 18.0 Å². The van der Waals surface area contributed by atoms with Crippen LogP contribution in [0, 0.1) is 6.92 Å². The van der Waals surface area contributed by atoms with E-state index in [1.165, 1.54) is 4.90 Å². The van der Waals surface area contributed by atoms with Gasteiger partial charge < -0.3 is 4.74 Å². The van der Waals surface area contributed by atoms with Crippen LogP contribution in [0.15, 0.2) is 58.9 Å². The van der Waals surface area contributed by atoms with Crippen molar-refractivity contribution in [3.8, 4) is 5.75 Å². The van der Waals surface area contributed by atoms with Crippen molar-refractivity contribution in [2.75, 3.05) is 12.0 Å². The maximum Gasteiger partial charge on any atom is 0.263 e. The zero-order valence-corrected chi connectivity index (χ0v) is 14.5. The van der Waals surface area contributed by atoms with Gasteiger partial charge in [0, 0.05) is 0 Å². The molecule has 26 heavy (non-hydrogen) atoms. The van der Waals surface area contributed by atoms with Crippen LogP contribution < -0.4 is 9.64 Å². The molecule has 1 fully saturated rings. The highest BCUT2D eigenvalue weighted by atomic mass is 16.5. The maximum atomic E-state index is 12.9. The summed E-state index contributed by atoms with van der Waals surface area (Å²) < 4.78 is 5.12. The Balaban J connectivity index is 1.57. The first-order chi connectivity index (χ1) is 12.6. The van der Waals surface area contributed by atoms with Gasteiger partial charge in [-0.2, -0.15) is 5.11 Å². The Morgan fingerprint density at radius 1 is 1.00 bits per heavy atom. The Hall–Kier alpha value is -3.22. The molecule has 0 aliphatic carbocycles. The second-order valence-corrected chi connectivity index (χ2v) is 6.39. The summed E-state index contributed by atoms with van der Waals surface area (Å²) in [6, 6.07) is 13.3. The van der Waals surface area contributed by atoms with Gasteiger partial charge in [-0.25, -0.2) is 4.90 Å². The zero-order chi connectivity index (χ0) is 18.3. The van der Waals surface area contributed by atoms with E-state index in [-0.39, 0.29) is 11.8 Å². The SMILES string of the molecule is COc1ccc(N2C(=O)[C@H]3N=NN(Cc4ccc(C)cc4)[C@@H]3C2=O)cc1. The van der Waals surface area contributed by atoms with Gasteiger partial charge in [-0.15, -0.1) is 0 Å². The lowest BCUT2D eigenvalue weighted by Crippen LogP contribution is -2.39. The normalized spacial score (nSPS) is 21.5. The van der Waals surface area contributed by atoms with E-state index in [0.717, 1.165) is 11.1 Å². The molecule has 2 aromatic carbocycles. The molecular formula is C19H18N4O3. The van der Waals surface area contributed by atoms with Gasteiger partial charge in [0.15, 0.2) is 12.1 Å². The Bertz CT molecular complexity index is 877. The van der Waals surface area contributed by atoms with E-state index >= 15 is 0 Å². The number of hydrogen-bond acceptors (Lipinski definition) is 6. The number of amides is 2. The van der Waals surface area contributed by atoms with Gasteiger partial charge in [0.25, 0.3) is 11.8 Å². The molecule has 2 aliphatic rings. The molecule has 1 saturated heterocycles. The Kier molecular flexibility index (Phi) is 3.91. The van der Waals surface area contributed by atoms with Gasteiger partial charge in [-0.05, 0) is 36.8 Å². The monoisotopic (exact) mass is 350 g/mol. The molecule has 2 aliphatic heterocycles. The molecule has 0 saturated carbocycles. The number of methoxy groups -OCH3 is 1. The first-order valence-corrected chi connectivity index (χ1v) is 8.33. The fourth-order valence-electron chi connectivity index (χ4n) is 3.22. The van der Waals surface area contributed by atoms with Gasteiger partial charge >= 0.3 is 0 Å². The summed E-state index contributed by atoms with van der Waals surface area (Å²) in [5, 5.41) is 9.71. The molecule has 0 N–H and O–H groups in total. The average molecular weight is 350 g/mol. The summed E-state index contributed by atoms with van der Waals surface area (Å²) in [5.41, 5.74) is 2.69. The van der Waals surface area contributed by atoms with Crippen LogP contribution in [-0.4, -0.2) is 36.0 Å². The summed E-state index contributed by atoms with van der Waals surface area (Å²) in [5.74, 6) is 0.0105. The van der Waals surface area contributed by atoms with E-state index in [9.17, 15) is 9.59 Å². The fourth-order valence-corrected chi connectivity index (χ4v) is 3.22. The first kappa shape index (κ1) is 16.3. The Morgan fingerprint density at radius 2 is 1.69 bits per heavy atom. The maximum absolute atomic E-state index is 12.9. The molecule has 2 amide bonds. The largest absolute Gasteiger partial charge is 0.497 e. The standard InChI is InChI=1S/C19H18N4O3/c1-12-3-5-13(6-4-12)11-22-17-16(20-21-22)18(24)23(19(17)25)14-7-9-15(26-2)10-8-14/h3-10,16-17H,11H2,1-2H3/t16-,17-/m0/s1. The van der Waals surface area contributed by atoms with Gasteiger partial charge in [0.1, 0.15) is 5.75 Å². The smallest absolute Gasteiger partial charge is 0.263 e. The lowest BCUT2D eigenvalue weighted by atomic mass is 10.1. The van der Waals surface area contributed by atoms with Gasteiger partial charge in [-0.3, -0.25) is 14.6 Å². The van der Waals surface area contributed by atoms with Crippen molar-refractivity contribution in [3.05, 3.63) is 59.7 Å². The van der Waals surface area contributed by atoms with Gasteiger partial charge in [-0.1, -0.05) is 35.1 Å². The van der Waals surface area contributed by atoms with Crippen LogP contribution >= 0.6 is 0 Å². The predicted octanol–water partition coefficient (Wildman–Crippen LogP) is 2.50. The molecule has 0 unspecified atom stereocenters. The highest BCUT2D eigenvalue weighted by Crippen LogP contribution is 2.33. The number of imide groups is 1. The number of ether oxygens (including phenoxy) is 1. The third-order valence-corrected chi connectivity index (χ3v) is 4.65. The van der Waals surface area contributed by atoms with E-state index in [1.807, 2.05) is 31.2 Å². The van der Waals surface area contributed by atoms with Crippen LogP contribution in [0.25, 0.3) is 0 Å². The molecular weight excluding hydrogens is 332 g/mol. The molecule has 132 valence electrons. The molecule has 4 rings (SSSR count). The number of benzene rings is 2. The van der Waals surface area contributed by atoms with Crippen molar-refractivity contribution < 1.29 is 14.3 Å². The molecule has 2 heterocycles. The minimum absolute atomic E-state index is 0.303. The van der Waals surface area contributed by atoms with Crippen molar-refractivity contribution in [1.82, 2.24) is 5.01 Å². The van der Waals surface area contributed by atoms with Crippen LogP contribution in [0.3, 0.4) is 0 Å².